The second-order valence-corrected chi connectivity index (χ2v) is 6.69. The van der Waals surface area contributed by atoms with E-state index in [0.29, 0.717) is 23.3 Å². The number of hydrogen-bond donors (Lipinski definition) is 0. The molecule has 0 bridgehead atoms. The third-order valence-electron chi connectivity index (χ3n) is 3.61. The first-order chi connectivity index (χ1) is 11.0. The van der Waals surface area contributed by atoms with Gasteiger partial charge in [-0.3, -0.25) is 4.21 Å². The molecular formula is C17H16FN3OS. The van der Waals surface area contributed by atoms with Gasteiger partial charge in [-0.1, -0.05) is 12.1 Å². The smallest absolute Gasteiger partial charge is 0.140 e. The van der Waals surface area contributed by atoms with Gasteiger partial charge in [-0.15, -0.1) is 0 Å². The fourth-order valence-corrected chi connectivity index (χ4v) is 2.97. The highest BCUT2D eigenvalue weighted by Crippen LogP contribution is 2.24. The van der Waals surface area contributed by atoms with Crippen molar-refractivity contribution >= 4 is 27.5 Å². The molecule has 1 aromatic heterocycles. The molecule has 0 aliphatic carbocycles. The van der Waals surface area contributed by atoms with E-state index in [1.807, 2.05) is 36.2 Å². The second-order valence-electron chi connectivity index (χ2n) is 5.31. The van der Waals surface area contributed by atoms with Gasteiger partial charge in [0.2, 0.25) is 0 Å². The molecule has 4 nitrogen and oxygen atoms in total. The van der Waals surface area contributed by atoms with E-state index in [2.05, 4.69) is 9.97 Å². The molecule has 3 aromatic rings. The molecule has 118 valence electrons. The quantitative estimate of drug-likeness (QED) is 0.738. The lowest BCUT2D eigenvalue weighted by atomic mass is 10.2. The normalized spacial score (nSPS) is 12.3. The van der Waals surface area contributed by atoms with Gasteiger partial charge in [-0.05, 0) is 35.9 Å². The minimum absolute atomic E-state index is 0.309. The zero-order chi connectivity index (χ0) is 16.4. The van der Waals surface area contributed by atoms with Crippen LogP contribution < -0.4 is 4.90 Å². The average molecular weight is 329 g/mol. The van der Waals surface area contributed by atoms with Gasteiger partial charge in [0.1, 0.15) is 18.0 Å². The molecule has 0 spiro atoms. The lowest BCUT2D eigenvalue weighted by Gasteiger charge is -2.19. The molecule has 23 heavy (non-hydrogen) atoms. The first kappa shape index (κ1) is 15.6. The second kappa shape index (κ2) is 6.42. The zero-order valence-electron chi connectivity index (χ0n) is 12.9. The van der Waals surface area contributed by atoms with Crippen LogP contribution in [0, 0.1) is 5.82 Å². The molecular weight excluding hydrogens is 313 g/mol. The number of nitrogens with zero attached hydrogens (tertiary/aromatic N) is 3. The zero-order valence-corrected chi connectivity index (χ0v) is 13.7. The first-order valence-electron chi connectivity index (χ1n) is 7.08. The van der Waals surface area contributed by atoms with Crippen LogP contribution in [0.25, 0.3) is 10.9 Å². The van der Waals surface area contributed by atoms with Gasteiger partial charge < -0.3 is 4.90 Å². The van der Waals surface area contributed by atoms with E-state index in [1.54, 1.807) is 12.3 Å². The highest BCUT2D eigenvalue weighted by molar-refractivity contribution is 7.84. The maximum atomic E-state index is 13.5. The van der Waals surface area contributed by atoms with E-state index >= 15 is 0 Å². The molecule has 2 aromatic carbocycles. The van der Waals surface area contributed by atoms with Crippen molar-refractivity contribution in [3.63, 3.8) is 0 Å². The van der Waals surface area contributed by atoms with Crippen molar-refractivity contribution in [1.29, 1.82) is 0 Å². The van der Waals surface area contributed by atoms with Crippen LogP contribution in [0.2, 0.25) is 0 Å². The lowest BCUT2D eigenvalue weighted by molar-refractivity contribution is 0.629. The van der Waals surface area contributed by atoms with Gasteiger partial charge in [0.05, 0.1) is 5.52 Å². The maximum Gasteiger partial charge on any atom is 0.140 e. The Morgan fingerprint density at radius 2 is 1.87 bits per heavy atom. The molecule has 1 heterocycles. The van der Waals surface area contributed by atoms with E-state index < -0.39 is 10.8 Å². The molecule has 1 atom stereocenters. The van der Waals surface area contributed by atoms with Gasteiger partial charge in [0.15, 0.2) is 0 Å². The van der Waals surface area contributed by atoms with Gasteiger partial charge >= 0.3 is 0 Å². The van der Waals surface area contributed by atoms with Crippen molar-refractivity contribution in [3.8, 4) is 0 Å². The predicted molar refractivity (Wildman–Crippen MR) is 90.4 cm³/mol. The minimum Gasteiger partial charge on any atom is -0.355 e. The molecule has 0 fully saturated rings. The van der Waals surface area contributed by atoms with Crippen molar-refractivity contribution < 1.29 is 8.60 Å². The molecule has 0 radical (unpaired) electrons. The highest BCUT2D eigenvalue weighted by atomic mass is 32.2. The lowest BCUT2D eigenvalue weighted by Crippen LogP contribution is -2.18. The summed E-state index contributed by atoms with van der Waals surface area (Å²) in [5, 5.41) is 0.682. The molecule has 3 rings (SSSR count). The third kappa shape index (κ3) is 3.37. The van der Waals surface area contributed by atoms with Crippen LogP contribution in [0.5, 0.6) is 0 Å². The monoisotopic (exact) mass is 329 g/mol. The van der Waals surface area contributed by atoms with Crippen LogP contribution in [0.4, 0.5) is 10.2 Å². The Kier molecular flexibility index (Phi) is 4.34. The van der Waals surface area contributed by atoms with Crippen LogP contribution in [0.3, 0.4) is 0 Å². The van der Waals surface area contributed by atoms with Crippen LogP contribution in [0.1, 0.15) is 5.56 Å². The van der Waals surface area contributed by atoms with E-state index in [0.717, 1.165) is 10.5 Å². The Balaban J connectivity index is 1.90. The van der Waals surface area contributed by atoms with E-state index in [9.17, 15) is 8.60 Å². The molecule has 0 amide bonds. The van der Waals surface area contributed by atoms with E-state index in [1.165, 1.54) is 18.5 Å². The van der Waals surface area contributed by atoms with E-state index in [-0.39, 0.29) is 5.82 Å². The average Bonchev–Trinajstić information content (AvgIpc) is 2.54. The number of rotatable bonds is 4. The van der Waals surface area contributed by atoms with Crippen LogP contribution >= 0.6 is 0 Å². The molecule has 0 saturated carbocycles. The Bertz CT molecular complexity index is 867. The number of anilines is 1. The van der Waals surface area contributed by atoms with E-state index in [4.69, 9.17) is 0 Å². The molecule has 0 unspecified atom stereocenters. The number of hydrogen-bond acceptors (Lipinski definition) is 4. The van der Waals surface area contributed by atoms with Crippen LogP contribution in [-0.2, 0) is 17.3 Å². The fourth-order valence-electron chi connectivity index (χ4n) is 2.45. The Morgan fingerprint density at radius 1 is 1.13 bits per heavy atom. The summed E-state index contributed by atoms with van der Waals surface area (Å²) in [6.07, 6.45) is 3.14. The summed E-state index contributed by atoms with van der Waals surface area (Å²) < 4.78 is 25.0. The Labute approximate surface area is 136 Å². The van der Waals surface area contributed by atoms with Crippen molar-refractivity contribution in [2.24, 2.45) is 0 Å². The Hall–Kier alpha value is -2.34. The van der Waals surface area contributed by atoms with Crippen molar-refractivity contribution in [2.45, 2.75) is 11.4 Å². The number of aromatic nitrogens is 2. The van der Waals surface area contributed by atoms with Crippen LogP contribution in [0.15, 0.2) is 53.7 Å². The standard InChI is InChI=1S/C17H16FN3OS/c1-21(10-12-3-6-14(7-4-12)23(2)22)17-15-9-13(18)5-8-16(15)19-11-20-17/h3-9,11H,10H2,1-2H3/t23-/m1/s1. The van der Waals surface area contributed by atoms with Gasteiger partial charge in [-0.25, -0.2) is 14.4 Å². The largest absolute Gasteiger partial charge is 0.355 e. The van der Waals surface area contributed by atoms with Crippen molar-refractivity contribution in [1.82, 2.24) is 9.97 Å². The summed E-state index contributed by atoms with van der Waals surface area (Å²) in [6.45, 7) is 0.610. The predicted octanol–water partition coefficient (Wildman–Crippen LogP) is 3.14. The Morgan fingerprint density at radius 3 is 2.57 bits per heavy atom. The SMILES string of the molecule is CN(Cc1ccc([S@@](C)=O)cc1)c1ncnc2ccc(F)cc12. The van der Waals surface area contributed by atoms with Gasteiger partial charge in [-0.2, -0.15) is 0 Å². The maximum absolute atomic E-state index is 13.5. The molecule has 6 heteroatoms. The van der Waals surface area contributed by atoms with Gasteiger partial charge in [0.25, 0.3) is 0 Å². The number of halogens is 1. The number of benzene rings is 2. The fraction of sp³-hybridized carbons (Fsp3) is 0.176. The molecule has 0 N–H and O–H groups in total. The summed E-state index contributed by atoms with van der Waals surface area (Å²) >= 11 is 0. The number of fused-ring (bicyclic) bond motifs is 1. The highest BCUT2D eigenvalue weighted by Gasteiger charge is 2.10. The van der Waals surface area contributed by atoms with Crippen molar-refractivity contribution in [3.05, 3.63) is 60.2 Å². The summed E-state index contributed by atoms with van der Waals surface area (Å²) in [6, 6.07) is 12.1. The van der Waals surface area contributed by atoms with Crippen molar-refractivity contribution in [2.75, 3.05) is 18.2 Å². The van der Waals surface area contributed by atoms with Crippen LogP contribution in [-0.4, -0.2) is 27.5 Å². The molecule has 0 aliphatic heterocycles. The minimum atomic E-state index is -0.983. The summed E-state index contributed by atoms with van der Waals surface area (Å²) in [7, 11) is 0.918. The third-order valence-corrected chi connectivity index (χ3v) is 4.55. The molecule has 0 saturated heterocycles. The van der Waals surface area contributed by atoms with Gasteiger partial charge in [0, 0.05) is 40.9 Å². The summed E-state index contributed by atoms with van der Waals surface area (Å²) in [5.74, 6) is 0.370. The summed E-state index contributed by atoms with van der Waals surface area (Å²) in [4.78, 5) is 11.2. The topological polar surface area (TPSA) is 46.1 Å². The summed E-state index contributed by atoms with van der Waals surface area (Å²) in [5.41, 5.74) is 1.77. The first-order valence-corrected chi connectivity index (χ1v) is 8.64. The molecule has 0 aliphatic rings.